The summed E-state index contributed by atoms with van der Waals surface area (Å²) in [5.41, 5.74) is -1.72. The highest BCUT2D eigenvalue weighted by molar-refractivity contribution is 7.12. The second kappa shape index (κ2) is 16.2. The van der Waals surface area contributed by atoms with E-state index in [9.17, 15) is 40.6 Å². The fourth-order valence-electron chi connectivity index (χ4n) is 4.83. The summed E-state index contributed by atoms with van der Waals surface area (Å²) in [6.07, 6.45) is 2.05. The Morgan fingerprint density at radius 3 is 1.44 bits per heavy atom. The van der Waals surface area contributed by atoms with Crippen LogP contribution in [-0.2, 0) is 19.9 Å². The molecule has 2 aromatic rings. The third-order valence-corrected chi connectivity index (χ3v) is 9.21. The molecule has 45 heavy (non-hydrogen) atoms. The molecule has 3 fully saturated rings. The van der Waals surface area contributed by atoms with Gasteiger partial charge in [0.1, 0.15) is 30.4 Å². The number of hydrogen-bond acceptors (Lipinski definition) is 6. The van der Waals surface area contributed by atoms with Crippen molar-refractivity contribution in [2.24, 2.45) is 0 Å². The summed E-state index contributed by atoms with van der Waals surface area (Å²) >= 11 is 31.4. The van der Waals surface area contributed by atoms with Gasteiger partial charge in [0.25, 0.3) is 0 Å². The van der Waals surface area contributed by atoms with Crippen LogP contribution in [0.2, 0.25) is 0 Å². The van der Waals surface area contributed by atoms with Crippen molar-refractivity contribution in [2.75, 3.05) is 14.1 Å². The van der Waals surface area contributed by atoms with Gasteiger partial charge >= 0.3 is 25.6 Å². The highest BCUT2D eigenvalue weighted by Gasteiger charge is 2.71. The highest BCUT2D eigenvalue weighted by atomic mass is 79.9. The van der Waals surface area contributed by atoms with Gasteiger partial charge in [0.15, 0.2) is 0 Å². The molecule has 5 nitrogen and oxygen atoms in total. The smallest absolute Gasteiger partial charge is 0.401 e. The number of carbonyl (C=O) groups is 1. The summed E-state index contributed by atoms with van der Waals surface area (Å²) in [6.45, 7) is 0. The number of nitrogens with zero attached hydrogens (tertiary/aromatic N) is 1. The summed E-state index contributed by atoms with van der Waals surface area (Å²) in [6, 6.07) is 8.01. The van der Waals surface area contributed by atoms with Crippen molar-refractivity contribution in [2.45, 2.75) is 68.5 Å². The van der Waals surface area contributed by atoms with Crippen molar-refractivity contribution in [3.8, 4) is 0 Å². The van der Waals surface area contributed by atoms with E-state index in [1.54, 1.807) is 12.1 Å². The Labute approximate surface area is 306 Å². The summed E-state index contributed by atoms with van der Waals surface area (Å²) in [5, 5.41) is 5.78. The molecule has 1 N–H and O–H groups in total. The maximum atomic E-state index is 13.1. The first-order valence-corrected chi connectivity index (χ1v) is 16.2. The van der Waals surface area contributed by atoms with Crippen molar-refractivity contribution in [1.82, 2.24) is 0 Å². The second-order valence-corrected chi connectivity index (χ2v) is 16.0. The predicted molar refractivity (Wildman–Crippen MR) is 159 cm³/mol. The number of alkyl halides is 14. The summed E-state index contributed by atoms with van der Waals surface area (Å²) in [4.78, 5) is 10.8. The molecule has 22 heteroatoms. The number of morpholine rings is 1. The normalized spacial score (nSPS) is 25.0. The van der Waals surface area contributed by atoms with Crippen molar-refractivity contribution in [1.29, 1.82) is 0 Å². The Kier molecular flexibility index (Phi) is 15.8. The fraction of sp³-hybridized carbons (Fsp3) is 0.609. The van der Waals surface area contributed by atoms with Gasteiger partial charge in [-0.2, -0.15) is 30.7 Å². The molecule has 0 spiro atoms. The molecular formula is C23H22BrCl7F7NO4S2. The van der Waals surface area contributed by atoms with E-state index >= 15 is 0 Å². The lowest BCUT2D eigenvalue weighted by molar-refractivity contribution is -0.938. The van der Waals surface area contributed by atoms with Crippen molar-refractivity contribution in [3.63, 3.8) is 0 Å². The van der Waals surface area contributed by atoms with Crippen molar-refractivity contribution in [3.05, 3.63) is 44.8 Å². The van der Waals surface area contributed by atoms with Crippen LogP contribution < -0.4 is 17.0 Å². The molecular weight excluding hydrogens is 879 g/mol. The number of epoxide rings is 1. The first kappa shape index (κ1) is 43.8. The molecule has 0 aliphatic carbocycles. The van der Waals surface area contributed by atoms with Crippen molar-refractivity contribution < 1.29 is 71.6 Å². The Morgan fingerprint density at radius 1 is 0.844 bits per heavy atom. The van der Waals surface area contributed by atoms with Crippen LogP contribution in [0, 0.1) is 0 Å². The van der Waals surface area contributed by atoms with Crippen LogP contribution in [0.3, 0.4) is 0 Å². The first-order chi connectivity index (χ1) is 19.7. The first-order valence-electron chi connectivity index (χ1n) is 11.8. The van der Waals surface area contributed by atoms with Gasteiger partial charge in [-0.3, -0.25) is 0 Å². The van der Waals surface area contributed by atoms with E-state index in [1.807, 2.05) is 22.9 Å². The molecule has 3 aliphatic heterocycles. The molecule has 3 saturated heterocycles. The van der Waals surface area contributed by atoms with Crippen molar-refractivity contribution >= 4 is 110 Å². The Balaban J connectivity index is 0.000000443. The minimum absolute atomic E-state index is 0. The van der Waals surface area contributed by atoms with E-state index in [-0.39, 0.29) is 23.1 Å². The second-order valence-electron chi connectivity index (χ2n) is 9.85. The zero-order valence-corrected chi connectivity index (χ0v) is 30.9. The molecule has 0 radical (unpaired) electrons. The number of carbonyl (C=O) groups excluding carboxylic acids is 1. The Hall–Kier alpha value is 0.770. The number of halogens is 15. The average Bonchev–Trinajstić information content (AvgIpc) is 3.15. The summed E-state index contributed by atoms with van der Waals surface area (Å²) in [5.74, 6) is -0.561. The number of fused-ring (bicyclic) bond motifs is 5. The molecule has 0 aromatic carbocycles. The van der Waals surface area contributed by atoms with Gasteiger partial charge in [0.05, 0.1) is 23.8 Å². The quantitative estimate of drug-likeness (QED) is 0.126. The lowest BCUT2D eigenvalue weighted by Crippen LogP contribution is -3.00. The van der Waals surface area contributed by atoms with Crippen LogP contribution in [0.5, 0.6) is 0 Å². The van der Waals surface area contributed by atoms with Gasteiger partial charge in [0.2, 0.25) is 5.60 Å². The average molecular weight is 902 g/mol. The predicted octanol–water partition coefficient (Wildman–Crippen LogP) is 6.30. The van der Waals surface area contributed by atoms with Gasteiger partial charge < -0.3 is 36.0 Å². The zero-order chi connectivity index (χ0) is 34.1. The van der Waals surface area contributed by atoms with Crippen LogP contribution in [0.25, 0.3) is 0 Å². The molecule has 260 valence electrons. The van der Waals surface area contributed by atoms with Gasteiger partial charge in [-0.05, 0) is 104 Å². The van der Waals surface area contributed by atoms with Crippen LogP contribution in [0.1, 0.15) is 22.6 Å². The van der Waals surface area contributed by atoms with E-state index in [1.165, 1.54) is 22.7 Å². The van der Waals surface area contributed by atoms with Gasteiger partial charge in [-0.25, -0.2) is 4.79 Å². The zero-order valence-electron chi connectivity index (χ0n) is 22.4. The van der Waals surface area contributed by atoms with E-state index < -0.39 is 31.2 Å². The molecule has 5 rings (SSSR count). The van der Waals surface area contributed by atoms with Gasteiger partial charge in [-0.15, -0.1) is 22.7 Å². The molecule has 0 saturated carbocycles. The number of rotatable bonds is 5. The molecule has 0 unspecified atom stereocenters. The minimum Gasteiger partial charge on any atom is -1.00 e. The molecule has 2 aromatic heterocycles. The number of hydrogen-bond donors (Lipinski definition) is 1. The molecule has 2 bridgehead atoms. The SMILES string of the molecule is C[N+]1(C)[C@@H]2C[C@@H](OC(=O)C(O)(c3cccs3)c3cccs3)C[C@H]1[C@@H]1O[C@@H]12.FC(Cl)(Cl)Cl.FC(F)(Cl)C(F)(F)Cl.FC(F)(Cl)Cl.[Br-]. The van der Waals surface area contributed by atoms with E-state index in [4.69, 9.17) is 9.47 Å². The number of likely N-dealkylation sites (N-methyl/N-ethyl adjacent to an activating group) is 1. The molecule has 5 atom stereocenters. The summed E-state index contributed by atoms with van der Waals surface area (Å²) < 4.78 is 86.6. The largest absolute Gasteiger partial charge is 1.00 e. The number of quaternary nitrogens is 1. The van der Waals surface area contributed by atoms with E-state index in [0.29, 0.717) is 34.0 Å². The molecule has 3 aliphatic rings. The number of ether oxygens (including phenoxy) is 2. The van der Waals surface area contributed by atoms with Crippen LogP contribution >= 0.6 is 104 Å². The third-order valence-electron chi connectivity index (χ3n) is 6.68. The summed E-state index contributed by atoms with van der Waals surface area (Å²) in [7, 11) is 4.49. The maximum absolute atomic E-state index is 13.1. The number of thiophene rings is 2. The van der Waals surface area contributed by atoms with Crippen LogP contribution in [0.15, 0.2) is 35.0 Å². The van der Waals surface area contributed by atoms with E-state index in [0.717, 1.165) is 17.3 Å². The third kappa shape index (κ3) is 12.9. The van der Waals surface area contributed by atoms with Gasteiger partial charge in [-0.1, -0.05) is 12.1 Å². The topological polar surface area (TPSA) is 59.1 Å². The monoisotopic (exact) mass is 897 g/mol. The highest BCUT2D eigenvalue weighted by Crippen LogP contribution is 2.52. The Morgan fingerprint density at radius 2 is 1.18 bits per heavy atom. The van der Waals surface area contributed by atoms with Crippen LogP contribution in [-0.4, -0.2) is 79.7 Å². The van der Waals surface area contributed by atoms with E-state index in [2.05, 4.69) is 95.3 Å². The number of piperidine rings is 1. The maximum Gasteiger partial charge on any atom is 0.401 e. The van der Waals surface area contributed by atoms with Crippen LogP contribution in [0.4, 0.5) is 30.7 Å². The lowest BCUT2D eigenvalue weighted by atomic mass is 9.95. The number of aliphatic hydroxyl groups is 1. The lowest BCUT2D eigenvalue weighted by Gasteiger charge is -2.45. The fourth-order valence-corrected chi connectivity index (χ4v) is 6.54. The minimum atomic E-state index is -4.66. The molecule has 0 amide bonds. The standard InChI is InChI=1S/C19H22NO4S2.C2Cl2F4.CCl3F.CCl2F2.BrH/c1-20(2)12-9-11(10-13(20)17-16(12)24-17)23-18(21)19(22,14-5-3-7-25-14)15-6-4-8-26-15;3-1(5,6)2(4,7)8;2*2-1(3,4)5;/h3-8,11-13,16-17,22H,9-10H2,1-2H3;;;;1H/q+1;;;;/p-1/t11-,12-,13+,16-,17+;;;;. The Bertz CT molecular complexity index is 1120. The molecule has 5 heterocycles. The number of esters is 1. The van der Waals surface area contributed by atoms with Gasteiger partial charge in [0, 0.05) is 12.8 Å².